The number of hydrogen-bond acceptors (Lipinski definition) is 3. The van der Waals surface area contributed by atoms with Crippen molar-refractivity contribution in [2.24, 2.45) is 0 Å². The third kappa shape index (κ3) is 3.97. The molecule has 2 aliphatic rings. The summed E-state index contributed by atoms with van der Waals surface area (Å²) in [6, 6.07) is 18.0. The second kappa shape index (κ2) is 8.60. The number of carbonyl (C=O) groups is 2. The maximum absolute atomic E-state index is 13.5. The van der Waals surface area contributed by atoms with Crippen molar-refractivity contribution in [3.63, 3.8) is 0 Å². The molecule has 6 heteroatoms. The molecule has 0 fully saturated rings. The quantitative estimate of drug-likeness (QED) is 0.464. The van der Waals surface area contributed by atoms with Crippen LogP contribution in [-0.4, -0.2) is 16.8 Å². The highest BCUT2D eigenvalue weighted by atomic mass is 35.5. The predicted octanol–water partition coefficient (Wildman–Crippen LogP) is 5.88. The largest absolute Gasteiger partial charge is 0.375 e. The Morgan fingerprint density at radius 1 is 0.939 bits per heavy atom. The second-order valence-corrected chi connectivity index (χ2v) is 9.62. The Morgan fingerprint density at radius 3 is 2.48 bits per heavy atom. The molecule has 3 aromatic carbocycles. The zero-order chi connectivity index (χ0) is 23.2. The fraction of sp³-hybridized carbons (Fsp3) is 0.259. The number of Topliss-reactive ketones (excluding diaryl/α,β-unsaturated/α-hetero) is 1. The summed E-state index contributed by atoms with van der Waals surface area (Å²) in [4.78, 5) is 28.2. The van der Waals surface area contributed by atoms with Gasteiger partial charge in [-0.15, -0.1) is 0 Å². The van der Waals surface area contributed by atoms with Gasteiger partial charge in [-0.25, -0.2) is 0 Å². The van der Waals surface area contributed by atoms with Crippen LogP contribution in [0.1, 0.15) is 51.9 Å². The number of fused-ring (bicyclic) bond motifs is 2. The van der Waals surface area contributed by atoms with Crippen LogP contribution in [0.25, 0.3) is 0 Å². The summed E-state index contributed by atoms with van der Waals surface area (Å²) in [5.41, 5.74) is 2.91. The Bertz CT molecular complexity index is 1270. The minimum Gasteiger partial charge on any atom is -0.375 e. The van der Waals surface area contributed by atoms with Crippen molar-refractivity contribution in [2.75, 3.05) is 4.90 Å². The van der Waals surface area contributed by atoms with Crippen molar-refractivity contribution in [1.29, 1.82) is 0 Å². The Balaban J connectivity index is 1.45. The van der Waals surface area contributed by atoms with E-state index in [1.807, 2.05) is 24.3 Å². The van der Waals surface area contributed by atoms with Gasteiger partial charge in [-0.1, -0.05) is 59.6 Å². The summed E-state index contributed by atoms with van der Waals surface area (Å²) in [6.45, 7) is 0.210. The van der Waals surface area contributed by atoms with Crippen LogP contribution in [-0.2, 0) is 29.8 Å². The van der Waals surface area contributed by atoms with E-state index in [0.29, 0.717) is 26.9 Å². The Labute approximate surface area is 202 Å². The van der Waals surface area contributed by atoms with Crippen molar-refractivity contribution in [2.45, 2.75) is 44.2 Å². The van der Waals surface area contributed by atoms with E-state index in [1.54, 1.807) is 36.4 Å². The molecule has 1 aliphatic carbocycles. The van der Waals surface area contributed by atoms with Gasteiger partial charge in [-0.05, 0) is 66.6 Å². The topological polar surface area (TPSA) is 57.6 Å². The summed E-state index contributed by atoms with van der Waals surface area (Å²) >= 11 is 12.2. The summed E-state index contributed by atoms with van der Waals surface area (Å²) in [6.07, 6.45) is 3.97. The normalized spacial score (nSPS) is 19.4. The third-order valence-corrected chi connectivity index (χ3v) is 7.39. The molecule has 1 unspecified atom stereocenters. The van der Waals surface area contributed by atoms with Gasteiger partial charge in [-0.3, -0.25) is 9.59 Å². The van der Waals surface area contributed by atoms with Crippen molar-refractivity contribution in [3.8, 4) is 0 Å². The standard InChI is InChI=1S/C27H23Cl2NO3/c28-22-12-9-17(13-23(22)29)16-30-24-8-4-3-7-21(24)27(33,26(30)32)15-25(31)20-11-10-18-5-1-2-6-19(18)14-20/h3-4,7-14,33H,1-2,5-6,15-16H2. The molecule has 1 heterocycles. The molecule has 1 amide bonds. The maximum atomic E-state index is 13.5. The van der Waals surface area contributed by atoms with E-state index in [2.05, 4.69) is 0 Å². The highest BCUT2D eigenvalue weighted by molar-refractivity contribution is 6.42. The molecule has 0 saturated carbocycles. The smallest absolute Gasteiger partial charge is 0.264 e. The van der Waals surface area contributed by atoms with Crippen LogP contribution in [0.5, 0.6) is 0 Å². The van der Waals surface area contributed by atoms with Gasteiger partial charge in [-0.2, -0.15) is 0 Å². The Kier molecular flexibility index (Phi) is 5.77. The Morgan fingerprint density at radius 2 is 1.70 bits per heavy atom. The van der Waals surface area contributed by atoms with Gasteiger partial charge in [0.25, 0.3) is 5.91 Å². The first-order valence-electron chi connectivity index (χ1n) is 11.1. The number of amides is 1. The number of anilines is 1. The van der Waals surface area contributed by atoms with Gasteiger partial charge in [0, 0.05) is 11.1 Å². The first-order chi connectivity index (χ1) is 15.9. The van der Waals surface area contributed by atoms with Gasteiger partial charge in [0.05, 0.1) is 28.7 Å². The van der Waals surface area contributed by atoms with Crippen LogP contribution in [0.2, 0.25) is 10.0 Å². The van der Waals surface area contributed by atoms with Crippen LogP contribution in [0.4, 0.5) is 5.69 Å². The number of hydrogen-bond donors (Lipinski definition) is 1. The minimum absolute atomic E-state index is 0.210. The fourth-order valence-electron chi connectivity index (χ4n) is 4.90. The molecular formula is C27H23Cl2NO3. The zero-order valence-corrected chi connectivity index (χ0v) is 19.5. The highest BCUT2D eigenvalue weighted by Crippen LogP contribution is 2.44. The number of ketones is 1. The fourth-order valence-corrected chi connectivity index (χ4v) is 5.22. The van der Waals surface area contributed by atoms with Crippen LogP contribution >= 0.6 is 23.2 Å². The molecule has 0 saturated heterocycles. The molecule has 0 aromatic heterocycles. The van der Waals surface area contributed by atoms with E-state index >= 15 is 0 Å². The van der Waals surface area contributed by atoms with E-state index in [9.17, 15) is 14.7 Å². The second-order valence-electron chi connectivity index (χ2n) is 8.81. The number of aryl methyl sites for hydroxylation is 2. The van der Waals surface area contributed by atoms with Gasteiger partial charge in [0.15, 0.2) is 11.4 Å². The third-order valence-electron chi connectivity index (χ3n) is 6.65. The van der Waals surface area contributed by atoms with E-state index in [1.165, 1.54) is 22.4 Å². The van der Waals surface area contributed by atoms with Crippen LogP contribution in [0.3, 0.4) is 0 Å². The summed E-state index contributed by atoms with van der Waals surface area (Å²) in [7, 11) is 0. The molecule has 1 atom stereocenters. The molecule has 5 rings (SSSR count). The molecule has 0 bridgehead atoms. The zero-order valence-electron chi connectivity index (χ0n) is 18.0. The lowest BCUT2D eigenvalue weighted by Crippen LogP contribution is -2.41. The van der Waals surface area contributed by atoms with Crippen LogP contribution in [0.15, 0.2) is 60.7 Å². The molecule has 3 aromatic rings. The van der Waals surface area contributed by atoms with Gasteiger partial charge in [0.2, 0.25) is 0 Å². The first kappa shape index (κ1) is 22.1. The molecule has 33 heavy (non-hydrogen) atoms. The number of rotatable bonds is 5. The van der Waals surface area contributed by atoms with Gasteiger partial charge >= 0.3 is 0 Å². The molecule has 1 aliphatic heterocycles. The van der Waals surface area contributed by atoms with Gasteiger partial charge < -0.3 is 10.0 Å². The summed E-state index contributed by atoms with van der Waals surface area (Å²) in [5.74, 6) is -0.758. The van der Waals surface area contributed by atoms with Crippen molar-refractivity contribution >= 4 is 40.6 Å². The molecular weight excluding hydrogens is 457 g/mol. The number of halogens is 2. The summed E-state index contributed by atoms with van der Waals surface area (Å²) < 4.78 is 0. The van der Waals surface area contributed by atoms with E-state index in [4.69, 9.17) is 23.2 Å². The maximum Gasteiger partial charge on any atom is 0.264 e. The molecule has 0 spiro atoms. The summed E-state index contributed by atoms with van der Waals surface area (Å²) in [5, 5.41) is 12.4. The first-order valence-corrected chi connectivity index (χ1v) is 11.9. The monoisotopic (exact) mass is 479 g/mol. The average molecular weight is 480 g/mol. The SMILES string of the molecule is O=C(CC1(O)C(=O)N(Cc2ccc(Cl)c(Cl)c2)c2ccccc21)c1ccc2c(c1)CCCC2. The lowest BCUT2D eigenvalue weighted by molar-refractivity contribution is -0.136. The number of aliphatic hydroxyl groups is 1. The number of carbonyl (C=O) groups excluding carboxylic acids is 2. The number of benzene rings is 3. The van der Waals surface area contributed by atoms with E-state index in [0.717, 1.165) is 24.8 Å². The van der Waals surface area contributed by atoms with E-state index < -0.39 is 11.5 Å². The van der Waals surface area contributed by atoms with Crippen LogP contribution in [0, 0.1) is 0 Å². The molecule has 168 valence electrons. The van der Waals surface area contributed by atoms with Crippen molar-refractivity contribution in [3.05, 3.63) is 98.5 Å². The lowest BCUT2D eigenvalue weighted by Gasteiger charge is -2.23. The number of para-hydroxylation sites is 1. The average Bonchev–Trinajstić information content (AvgIpc) is 3.03. The minimum atomic E-state index is -1.92. The van der Waals surface area contributed by atoms with Gasteiger partial charge in [0.1, 0.15) is 0 Å². The van der Waals surface area contributed by atoms with Crippen molar-refractivity contribution < 1.29 is 14.7 Å². The van der Waals surface area contributed by atoms with Crippen LogP contribution < -0.4 is 4.90 Å². The van der Waals surface area contributed by atoms with E-state index in [-0.39, 0.29) is 18.7 Å². The number of nitrogens with zero attached hydrogens (tertiary/aromatic N) is 1. The highest BCUT2D eigenvalue weighted by Gasteiger charge is 2.50. The predicted molar refractivity (Wildman–Crippen MR) is 130 cm³/mol. The molecule has 1 N–H and O–H groups in total. The Hall–Kier alpha value is -2.66. The molecule has 0 radical (unpaired) electrons. The van der Waals surface area contributed by atoms with Crippen molar-refractivity contribution in [1.82, 2.24) is 0 Å². The lowest BCUT2D eigenvalue weighted by atomic mass is 9.85. The molecule has 4 nitrogen and oxygen atoms in total.